The monoisotopic (exact) mass is 219 g/mol. The minimum Gasteiger partial charge on any atom is -0.372 e. The number of nitrogens with one attached hydrogen (secondary N) is 1. The van der Waals surface area contributed by atoms with Crippen LogP contribution in [0, 0.1) is 6.92 Å². The molecule has 1 aromatic heterocycles. The molecule has 2 heterocycles. The topological polar surface area (TPSA) is 28.2 Å². The Morgan fingerprint density at radius 1 is 1.50 bits per heavy atom. The highest BCUT2D eigenvalue weighted by Crippen LogP contribution is 2.18. The molecule has 0 radical (unpaired) electrons. The summed E-state index contributed by atoms with van der Waals surface area (Å²) in [4.78, 5) is 6.51. The third-order valence-corrected chi connectivity index (χ3v) is 3.33. The van der Waals surface area contributed by atoms with Crippen LogP contribution in [-0.4, -0.2) is 31.2 Å². The van der Waals surface area contributed by atoms with Gasteiger partial charge in [-0.2, -0.15) is 0 Å². The molecule has 0 bridgehead atoms. The van der Waals surface area contributed by atoms with Crippen LogP contribution >= 0.6 is 0 Å². The average molecular weight is 219 g/mol. The third kappa shape index (κ3) is 2.73. The molecule has 1 fully saturated rings. The lowest BCUT2D eigenvalue weighted by atomic mass is 10.0. The molecule has 1 atom stereocenters. The lowest BCUT2D eigenvalue weighted by Gasteiger charge is -2.29. The SMILES string of the molecule is Cc1ccncc1N(C)C[C@@H]1CCCCN1. The number of pyridine rings is 1. The summed E-state index contributed by atoms with van der Waals surface area (Å²) in [7, 11) is 2.15. The molecule has 0 unspecified atom stereocenters. The summed E-state index contributed by atoms with van der Waals surface area (Å²) in [6.07, 6.45) is 7.79. The van der Waals surface area contributed by atoms with Crippen LogP contribution in [0.3, 0.4) is 0 Å². The van der Waals surface area contributed by atoms with E-state index in [2.05, 4.69) is 35.2 Å². The molecular weight excluding hydrogens is 198 g/mol. The van der Waals surface area contributed by atoms with Crippen LogP contribution in [0.4, 0.5) is 5.69 Å². The zero-order valence-electron chi connectivity index (χ0n) is 10.2. The highest BCUT2D eigenvalue weighted by Gasteiger charge is 2.15. The van der Waals surface area contributed by atoms with Crippen molar-refractivity contribution in [1.82, 2.24) is 10.3 Å². The number of rotatable bonds is 3. The molecule has 0 spiro atoms. The Balaban J connectivity index is 1.96. The lowest BCUT2D eigenvalue weighted by Crippen LogP contribution is -2.42. The van der Waals surface area contributed by atoms with Crippen LogP contribution in [0.15, 0.2) is 18.5 Å². The molecule has 0 aromatic carbocycles. The first-order chi connectivity index (χ1) is 7.77. The first-order valence-corrected chi connectivity index (χ1v) is 6.12. The summed E-state index contributed by atoms with van der Waals surface area (Å²) in [6.45, 7) is 4.39. The molecular formula is C13H21N3. The third-order valence-electron chi connectivity index (χ3n) is 3.33. The van der Waals surface area contributed by atoms with E-state index in [4.69, 9.17) is 0 Å². The molecule has 0 aliphatic carbocycles. The molecule has 16 heavy (non-hydrogen) atoms. The van der Waals surface area contributed by atoms with Crippen molar-refractivity contribution in [3.8, 4) is 0 Å². The Labute approximate surface area is 97.9 Å². The first-order valence-electron chi connectivity index (χ1n) is 6.12. The van der Waals surface area contributed by atoms with E-state index in [0.29, 0.717) is 6.04 Å². The van der Waals surface area contributed by atoms with Crippen LogP contribution in [0.1, 0.15) is 24.8 Å². The second-order valence-corrected chi connectivity index (χ2v) is 4.69. The van der Waals surface area contributed by atoms with E-state index in [-0.39, 0.29) is 0 Å². The largest absolute Gasteiger partial charge is 0.372 e. The highest BCUT2D eigenvalue weighted by atomic mass is 15.1. The van der Waals surface area contributed by atoms with E-state index >= 15 is 0 Å². The van der Waals surface area contributed by atoms with Gasteiger partial charge in [-0.15, -0.1) is 0 Å². The van der Waals surface area contributed by atoms with Crippen molar-refractivity contribution >= 4 is 5.69 Å². The molecule has 2 rings (SSSR count). The van der Waals surface area contributed by atoms with E-state index in [1.807, 2.05) is 12.4 Å². The van der Waals surface area contributed by atoms with Crippen molar-refractivity contribution in [2.45, 2.75) is 32.2 Å². The number of piperidine rings is 1. The number of likely N-dealkylation sites (N-methyl/N-ethyl adjacent to an activating group) is 1. The minimum atomic E-state index is 0.637. The van der Waals surface area contributed by atoms with Gasteiger partial charge in [0.05, 0.1) is 11.9 Å². The molecule has 0 amide bonds. The molecule has 3 heteroatoms. The van der Waals surface area contributed by atoms with Crippen LogP contribution in [0.2, 0.25) is 0 Å². The van der Waals surface area contributed by atoms with Crippen LogP contribution in [-0.2, 0) is 0 Å². The standard InChI is InChI=1S/C13H21N3/c1-11-6-8-14-9-13(11)16(2)10-12-5-3-4-7-15-12/h6,8-9,12,15H,3-5,7,10H2,1-2H3/t12-/m0/s1. The number of aromatic nitrogens is 1. The van der Waals surface area contributed by atoms with Gasteiger partial charge in [0.1, 0.15) is 0 Å². The summed E-state index contributed by atoms with van der Waals surface area (Å²) in [5.41, 5.74) is 2.54. The molecule has 88 valence electrons. The Bertz CT molecular complexity index is 332. The fourth-order valence-corrected chi connectivity index (χ4v) is 2.36. The minimum absolute atomic E-state index is 0.637. The number of aryl methyl sites for hydroxylation is 1. The predicted octanol–water partition coefficient (Wildman–Crippen LogP) is 1.97. The van der Waals surface area contributed by atoms with Gasteiger partial charge in [-0.25, -0.2) is 0 Å². The number of anilines is 1. The second kappa shape index (κ2) is 5.30. The molecule has 3 nitrogen and oxygen atoms in total. The van der Waals surface area contributed by atoms with Gasteiger partial charge >= 0.3 is 0 Å². The Morgan fingerprint density at radius 2 is 2.38 bits per heavy atom. The van der Waals surface area contributed by atoms with Crippen molar-refractivity contribution < 1.29 is 0 Å². The van der Waals surface area contributed by atoms with Crippen LogP contribution in [0.5, 0.6) is 0 Å². The fraction of sp³-hybridized carbons (Fsp3) is 0.615. The molecule has 1 aromatic rings. The quantitative estimate of drug-likeness (QED) is 0.842. The van der Waals surface area contributed by atoms with Crippen molar-refractivity contribution in [3.05, 3.63) is 24.0 Å². The summed E-state index contributed by atoms with van der Waals surface area (Å²) in [5.74, 6) is 0. The fourth-order valence-electron chi connectivity index (χ4n) is 2.36. The van der Waals surface area contributed by atoms with Gasteiger partial charge in [0.2, 0.25) is 0 Å². The van der Waals surface area contributed by atoms with Gasteiger partial charge in [0.25, 0.3) is 0 Å². The van der Waals surface area contributed by atoms with Crippen molar-refractivity contribution in [2.75, 3.05) is 25.0 Å². The maximum Gasteiger partial charge on any atom is 0.0580 e. The summed E-state index contributed by atoms with van der Waals surface area (Å²) >= 11 is 0. The Morgan fingerprint density at radius 3 is 3.06 bits per heavy atom. The van der Waals surface area contributed by atoms with Gasteiger partial charge in [-0.3, -0.25) is 4.98 Å². The van der Waals surface area contributed by atoms with E-state index in [1.165, 1.54) is 37.1 Å². The van der Waals surface area contributed by atoms with Crippen molar-refractivity contribution in [1.29, 1.82) is 0 Å². The molecule has 1 saturated heterocycles. The molecule has 1 aliphatic heterocycles. The maximum absolute atomic E-state index is 4.20. The first kappa shape index (κ1) is 11.4. The highest BCUT2D eigenvalue weighted by molar-refractivity contribution is 5.50. The van der Waals surface area contributed by atoms with E-state index in [1.54, 1.807) is 0 Å². The van der Waals surface area contributed by atoms with Gasteiger partial charge < -0.3 is 10.2 Å². The summed E-state index contributed by atoms with van der Waals surface area (Å²) < 4.78 is 0. The molecule has 1 aliphatic rings. The lowest BCUT2D eigenvalue weighted by molar-refractivity contribution is 0.403. The normalized spacial score (nSPS) is 20.8. The Kier molecular flexibility index (Phi) is 3.78. The smallest absolute Gasteiger partial charge is 0.0580 e. The average Bonchev–Trinajstić information content (AvgIpc) is 2.31. The van der Waals surface area contributed by atoms with Crippen molar-refractivity contribution in [2.24, 2.45) is 0 Å². The van der Waals surface area contributed by atoms with Gasteiger partial charge in [0, 0.05) is 25.8 Å². The second-order valence-electron chi connectivity index (χ2n) is 4.69. The van der Waals surface area contributed by atoms with Crippen molar-refractivity contribution in [3.63, 3.8) is 0 Å². The predicted molar refractivity (Wildman–Crippen MR) is 67.9 cm³/mol. The molecule has 1 N–H and O–H groups in total. The number of hydrogen-bond donors (Lipinski definition) is 1. The summed E-state index contributed by atoms with van der Waals surface area (Å²) in [6, 6.07) is 2.71. The van der Waals surface area contributed by atoms with Gasteiger partial charge in [-0.05, 0) is 37.9 Å². The van der Waals surface area contributed by atoms with Gasteiger partial charge in [0.15, 0.2) is 0 Å². The van der Waals surface area contributed by atoms with E-state index in [9.17, 15) is 0 Å². The van der Waals surface area contributed by atoms with Gasteiger partial charge in [-0.1, -0.05) is 6.42 Å². The zero-order valence-corrected chi connectivity index (χ0v) is 10.2. The number of hydrogen-bond acceptors (Lipinski definition) is 3. The van der Waals surface area contributed by atoms with E-state index < -0.39 is 0 Å². The van der Waals surface area contributed by atoms with Crippen LogP contribution in [0.25, 0.3) is 0 Å². The van der Waals surface area contributed by atoms with Crippen LogP contribution < -0.4 is 10.2 Å². The summed E-state index contributed by atoms with van der Waals surface area (Å²) in [5, 5.41) is 3.58. The maximum atomic E-state index is 4.20. The number of nitrogens with zero attached hydrogens (tertiary/aromatic N) is 2. The zero-order chi connectivity index (χ0) is 11.4. The van der Waals surface area contributed by atoms with E-state index in [0.717, 1.165) is 6.54 Å². The Hall–Kier alpha value is -1.09. The molecule has 0 saturated carbocycles.